The second kappa shape index (κ2) is 6.49. The van der Waals surface area contributed by atoms with Crippen LogP contribution in [0.3, 0.4) is 0 Å². The van der Waals surface area contributed by atoms with E-state index in [-0.39, 0.29) is 18.4 Å². The summed E-state index contributed by atoms with van der Waals surface area (Å²) >= 11 is 0. The van der Waals surface area contributed by atoms with E-state index in [2.05, 4.69) is 20.7 Å². The van der Waals surface area contributed by atoms with Gasteiger partial charge in [-0.2, -0.15) is 5.10 Å². The molecule has 0 atom stereocenters. The Balaban J connectivity index is 1.63. The molecule has 0 unspecified atom stereocenters. The standard InChI is InChI=1S/C17H17N5O2/c1-11-14-8-13(9-18-16(14)22(2)21-11)20-15(23)10-19-17(24)12-6-4-3-5-7-12/h3-9H,10H2,1-2H3,(H,19,24)(H,20,23). The van der Waals surface area contributed by atoms with Crippen LogP contribution >= 0.6 is 0 Å². The SMILES string of the molecule is Cc1nn(C)c2ncc(NC(=O)CNC(=O)c3ccccc3)cc12. The summed E-state index contributed by atoms with van der Waals surface area (Å²) in [6.07, 6.45) is 1.57. The van der Waals surface area contributed by atoms with Crippen molar-refractivity contribution in [3.05, 3.63) is 53.9 Å². The third-order valence-corrected chi connectivity index (χ3v) is 3.59. The summed E-state index contributed by atoms with van der Waals surface area (Å²) in [5.74, 6) is -0.607. The summed E-state index contributed by atoms with van der Waals surface area (Å²) in [5.41, 5.74) is 2.67. The molecule has 0 saturated carbocycles. The lowest BCUT2D eigenvalue weighted by atomic mass is 10.2. The smallest absolute Gasteiger partial charge is 0.251 e. The van der Waals surface area contributed by atoms with Crippen molar-refractivity contribution >= 4 is 28.5 Å². The van der Waals surface area contributed by atoms with Crippen LogP contribution in [-0.4, -0.2) is 33.1 Å². The molecule has 3 rings (SSSR count). The van der Waals surface area contributed by atoms with Crippen molar-refractivity contribution in [2.45, 2.75) is 6.92 Å². The predicted octanol–water partition coefficient (Wildman–Crippen LogP) is 1.65. The maximum absolute atomic E-state index is 12.0. The third kappa shape index (κ3) is 3.24. The number of hydrogen-bond acceptors (Lipinski definition) is 4. The first-order valence-electron chi connectivity index (χ1n) is 7.47. The zero-order chi connectivity index (χ0) is 17.1. The van der Waals surface area contributed by atoms with Crippen molar-refractivity contribution in [2.75, 3.05) is 11.9 Å². The van der Waals surface area contributed by atoms with Gasteiger partial charge in [0.05, 0.1) is 24.1 Å². The maximum Gasteiger partial charge on any atom is 0.251 e. The summed E-state index contributed by atoms with van der Waals surface area (Å²) < 4.78 is 1.69. The second-order valence-corrected chi connectivity index (χ2v) is 5.40. The molecule has 122 valence electrons. The highest BCUT2D eigenvalue weighted by molar-refractivity contribution is 5.99. The number of rotatable bonds is 4. The first-order chi connectivity index (χ1) is 11.5. The van der Waals surface area contributed by atoms with E-state index < -0.39 is 0 Å². The number of fused-ring (bicyclic) bond motifs is 1. The quantitative estimate of drug-likeness (QED) is 0.764. The van der Waals surface area contributed by atoms with Crippen LogP contribution in [0.15, 0.2) is 42.6 Å². The van der Waals surface area contributed by atoms with Crippen molar-refractivity contribution in [3.63, 3.8) is 0 Å². The van der Waals surface area contributed by atoms with Crippen LogP contribution in [0.4, 0.5) is 5.69 Å². The number of carbonyl (C=O) groups is 2. The highest BCUT2D eigenvalue weighted by atomic mass is 16.2. The number of amides is 2. The highest BCUT2D eigenvalue weighted by Gasteiger charge is 2.10. The molecule has 0 aliphatic rings. The molecular weight excluding hydrogens is 306 g/mol. The van der Waals surface area contributed by atoms with Gasteiger partial charge in [-0.3, -0.25) is 14.3 Å². The molecule has 1 aromatic carbocycles. The van der Waals surface area contributed by atoms with Gasteiger partial charge in [0.25, 0.3) is 5.91 Å². The van der Waals surface area contributed by atoms with E-state index in [0.717, 1.165) is 16.7 Å². The molecule has 0 fully saturated rings. The number of nitrogens with zero attached hydrogens (tertiary/aromatic N) is 3. The molecular formula is C17H17N5O2. The summed E-state index contributed by atoms with van der Waals surface area (Å²) in [4.78, 5) is 28.2. The van der Waals surface area contributed by atoms with E-state index in [4.69, 9.17) is 0 Å². The van der Waals surface area contributed by atoms with Gasteiger partial charge in [0.1, 0.15) is 0 Å². The number of aromatic nitrogens is 3. The fourth-order valence-electron chi connectivity index (χ4n) is 2.43. The van der Waals surface area contributed by atoms with Crippen LogP contribution < -0.4 is 10.6 Å². The fraction of sp³-hybridized carbons (Fsp3) is 0.176. The average Bonchev–Trinajstić information content (AvgIpc) is 2.87. The fourth-order valence-corrected chi connectivity index (χ4v) is 2.43. The molecule has 0 radical (unpaired) electrons. The Morgan fingerprint density at radius 2 is 1.96 bits per heavy atom. The van der Waals surface area contributed by atoms with Crippen molar-refractivity contribution in [1.82, 2.24) is 20.1 Å². The van der Waals surface area contributed by atoms with E-state index in [1.54, 1.807) is 35.1 Å². The highest BCUT2D eigenvalue weighted by Crippen LogP contribution is 2.19. The van der Waals surface area contributed by atoms with Gasteiger partial charge in [-0.05, 0) is 25.1 Å². The number of nitrogens with one attached hydrogen (secondary N) is 2. The van der Waals surface area contributed by atoms with Gasteiger partial charge < -0.3 is 10.6 Å². The van der Waals surface area contributed by atoms with E-state index in [1.165, 1.54) is 0 Å². The Kier molecular flexibility index (Phi) is 4.24. The molecule has 0 saturated heterocycles. The zero-order valence-corrected chi connectivity index (χ0v) is 13.4. The Morgan fingerprint density at radius 1 is 1.21 bits per heavy atom. The molecule has 2 amide bonds. The van der Waals surface area contributed by atoms with E-state index in [1.807, 2.05) is 26.1 Å². The van der Waals surface area contributed by atoms with E-state index >= 15 is 0 Å². The molecule has 2 heterocycles. The minimum atomic E-state index is -0.318. The minimum Gasteiger partial charge on any atom is -0.343 e. The number of carbonyl (C=O) groups excluding carboxylic acids is 2. The monoisotopic (exact) mass is 323 g/mol. The van der Waals surface area contributed by atoms with Crippen LogP contribution in [0.1, 0.15) is 16.1 Å². The normalized spacial score (nSPS) is 10.6. The van der Waals surface area contributed by atoms with Crippen molar-refractivity contribution in [1.29, 1.82) is 0 Å². The average molecular weight is 323 g/mol. The maximum atomic E-state index is 12.0. The van der Waals surface area contributed by atoms with Crippen LogP contribution in [-0.2, 0) is 11.8 Å². The molecule has 7 nitrogen and oxygen atoms in total. The van der Waals surface area contributed by atoms with Gasteiger partial charge in [-0.1, -0.05) is 18.2 Å². The Morgan fingerprint density at radius 3 is 2.71 bits per heavy atom. The molecule has 0 aliphatic carbocycles. The summed E-state index contributed by atoms with van der Waals surface area (Å²) in [7, 11) is 1.82. The van der Waals surface area contributed by atoms with Gasteiger partial charge in [0.2, 0.25) is 5.91 Å². The van der Waals surface area contributed by atoms with Gasteiger partial charge in [0.15, 0.2) is 5.65 Å². The first-order valence-corrected chi connectivity index (χ1v) is 7.47. The van der Waals surface area contributed by atoms with Gasteiger partial charge in [-0.15, -0.1) is 0 Å². The summed E-state index contributed by atoms with van der Waals surface area (Å²) in [6.45, 7) is 1.77. The molecule has 2 N–H and O–H groups in total. The van der Waals surface area contributed by atoms with Gasteiger partial charge >= 0.3 is 0 Å². The van der Waals surface area contributed by atoms with Crippen LogP contribution in [0.5, 0.6) is 0 Å². The third-order valence-electron chi connectivity index (χ3n) is 3.59. The lowest BCUT2D eigenvalue weighted by Gasteiger charge is -2.07. The lowest BCUT2D eigenvalue weighted by molar-refractivity contribution is -0.115. The molecule has 0 spiro atoms. The number of pyridine rings is 1. The largest absolute Gasteiger partial charge is 0.343 e. The number of anilines is 1. The molecule has 0 bridgehead atoms. The number of aryl methyl sites for hydroxylation is 2. The molecule has 2 aromatic heterocycles. The topological polar surface area (TPSA) is 88.9 Å². The Labute approximate surface area is 138 Å². The number of benzene rings is 1. The zero-order valence-electron chi connectivity index (χ0n) is 13.4. The Hall–Kier alpha value is -3.22. The van der Waals surface area contributed by atoms with E-state index in [0.29, 0.717) is 11.3 Å². The van der Waals surface area contributed by atoms with Crippen LogP contribution in [0.25, 0.3) is 11.0 Å². The second-order valence-electron chi connectivity index (χ2n) is 5.40. The van der Waals surface area contributed by atoms with Crippen molar-refractivity contribution < 1.29 is 9.59 Å². The minimum absolute atomic E-state index is 0.113. The first kappa shape index (κ1) is 15.7. The summed E-state index contributed by atoms with van der Waals surface area (Å²) in [6, 6.07) is 10.6. The molecule has 7 heteroatoms. The molecule has 0 aliphatic heterocycles. The summed E-state index contributed by atoms with van der Waals surface area (Å²) in [5, 5.41) is 10.5. The van der Waals surface area contributed by atoms with Gasteiger partial charge in [-0.25, -0.2) is 4.98 Å². The van der Waals surface area contributed by atoms with Gasteiger partial charge in [0, 0.05) is 18.0 Å². The predicted molar refractivity (Wildman–Crippen MR) is 90.7 cm³/mol. The Bertz CT molecular complexity index is 902. The number of hydrogen-bond donors (Lipinski definition) is 2. The lowest BCUT2D eigenvalue weighted by Crippen LogP contribution is -2.32. The van der Waals surface area contributed by atoms with E-state index in [9.17, 15) is 9.59 Å². The molecule has 3 aromatic rings. The van der Waals surface area contributed by atoms with Crippen LogP contribution in [0.2, 0.25) is 0 Å². The molecule has 24 heavy (non-hydrogen) atoms. The van der Waals surface area contributed by atoms with Crippen molar-refractivity contribution in [3.8, 4) is 0 Å². The van der Waals surface area contributed by atoms with Crippen molar-refractivity contribution in [2.24, 2.45) is 7.05 Å². The van der Waals surface area contributed by atoms with Crippen LogP contribution in [0, 0.1) is 6.92 Å².